The normalized spacial score (nSPS) is 13.0. The average molecular weight is 318 g/mol. The van der Waals surface area contributed by atoms with Crippen LogP contribution in [0.5, 0.6) is 0 Å². The van der Waals surface area contributed by atoms with E-state index in [4.69, 9.17) is 5.84 Å². The first-order valence-corrected chi connectivity index (χ1v) is 6.90. The van der Waals surface area contributed by atoms with Crippen molar-refractivity contribution in [3.63, 3.8) is 0 Å². The Kier molecular flexibility index (Phi) is 4.58. The van der Waals surface area contributed by atoms with E-state index in [1.54, 1.807) is 11.6 Å². The third-order valence-corrected chi connectivity index (χ3v) is 3.50. The fourth-order valence-electron chi connectivity index (χ4n) is 1.65. The molecule has 0 saturated heterocycles. The largest absolute Gasteiger partial charge is 0.451 e. The van der Waals surface area contributed by atoms with E-state index < -0.39 is 12.0 Å². The van der Waals surface area contributed by atoms with Gasteiger partial charge in [-0.1, -0.05) is 6.92 Å². The van der Waals surface area contributed by atoms with Gasteiger partial charge in [0.2, 0.25) is 5.82 Å². The number of hydrazine groups is 1. The van der Waals surface area contributed by atoms with Gasteiger partial charge in [0, 0.05) is 17.6 Å². The van der Waals surface area contributed by atoms with Gasteiger partial charge in [-0.3, -0.25) is 0 Å². The summed E-state index contributed by atoms with van der Waals surface area (Å²) in [4.78, 5) is 10.9. The molecule has 0 aliphatic heterocycles. The zero-order chi connectivity index (χ0) is 15.5. The van der Waals surface area contributed by atoms with E-state index >= 15 is 0 Å². The van der Waals surface area contributed by atoms with Crippen molar-refractivity contribution in [2.24, 2.45) is 5.84 Å². The Balaban J connectivity index is 2.30. The Labute approximate surface area is 122 Å². The first-order valence-electron chi connectivity index (χ1n) is 6.03. The van der Waals surface area contributed by atoms with Crippen molar-refractivity contribution in [1.82, 2.24) is 15.0 Å². The SMILES string of the molecule is CCC(Nc1cc(NN)nc(C(F)(F)F)n1)c1nccs1. The number of hydrogen-bond acceptors (Lipinski definition) is 7. The molecule has 2 rings (SSSR count). The van der Waals surface area contributed by atoms with Gasteiger partial charge in [-0.2, -0.15) is 13.2 Å². The summed E-state index contributed by atoms with van der Waals surface area (Å²) in [5.74, 6) is 3.81. The molecule has 0 aromatic carbocycles. The molecule has 21 heavy (non-hydrogen) atoms. The highest BCUT2D eigenvalue weighted by Crippen LogP contribution is 2.30. The van der Waals surface area contributed by atoms with Crippen molar-refractivity contribution in [3.8, 4) is 0 Å². The molecule has 0 saturated carbocycles. The van der Waals surface area contributed by atoms with E-state index in [1.807, 2.05) is 6.92 Å². The highest BCUT2D eigenvalue weighted by Gasteiger charge is 2.35. The van der Waals surface area contributed by atoms with Gasteiger partial charge in [-0.25, -0.2) is 20.8 Å². The van der Waals surface area contributed by atoms with Gasteiger partial charge in [0.25, 0.3) is 0 Å². The maximum atomic E-state index is 12.7. The minimum absolute atomic E-state index is 0.0346. The number of thiazole rings is 1. The maximum Gasteiger partial charge on any atom is 0.451 e. The summed E-state index contributed by atoms with van der Waals surface area (Å²) in [6.07, 6.45) is -2.37. The van der Waals surface area contributed by atoms with Crippen molar-refractivity contribution in [2.75, 3.05) is 10.7 Å². The number of halogens is 3. The van der Waals surface area contributed by atoms with Crippen LogP contribution in [-0.4, -0.2) is 15.0 Å². The lowest BCUT2D eigenvalue weighted by atomic mass is 10.2. The van der Waals surface area contributed by atoms with Gasteiger partial charge in [0.15, 0.2) is 0 Å². The van der Waals surface area contributed by atoms with Crippen molar-refractivity contribution < 1.29 is 13.2 Å². The molecule has 0 bridgehead atoms. The van der Waals surface area contributed by atoms with Crippen LogP contribution in [0.3, 0.4) is 0 Å². The van der Waals surface area contributed by atoms with Crippen LogP contribution in [0.2, 0.25) is 0 Å². The number of nitrogens with zero attached hydrogens (tertiary/aromatic N) is 3. The molecule has 10 heteroatoms. The van der Waals surface area contributed by atoms with Crippen molar-refractivity contribution in [1.29, 1.82) is 0 Å². The Morgan fingerprint density at radius 3 is 2.57 bits per heavy atom. The summed E-state index contributed by atoms with van der Waals surface area (Å²) in [5.41, 5.74) is 2.10. The van der Waals surface area contributed by atoms with E-state index in [2.05, 4.69) is 25.7 Å². The molecule has 1 atom stereocenters. The van der Waals surface area contributed by atoms with Crippen molar-refractivity contribution >= 4 is 23.0 Å². The number of nitrogen functional groups attached to an aromatic ring is 1. The number of aromatic nitrogens is 3. The summed E-state index contributed by atoms with van der Waals surface area (Å²) in [6, 6.07) is 1.08. The van der Waals surface area contributed by atoms with E-state index in [0.29, 0.717) is 6.42 Å². The zero-order valence-corrected chi connectivity index (χ0v) is 11.8. The zero-order valence-electron chi connectivity index (χ0n) is 11.0. The molecule has 114 valence electrons. The van der Waals surface area contributed by atoms with Crippen LogP contribution in [0.25, 0.3) is 0 Å². The third kappa shape index (κ3) is 3.79. The van der Waals surface area contributed by atoms with E-state index in [1.165, 1.54) is 17.4 Å². The summed E-state index contributed by atoms with van der Waals surface area (Å²) >= 11 is 1.41. The topological polar surface area (TPSA) is 88.8 Å². The van der Waals surface area contributed by atoms with E-state index in [-0.39, 0.29) is 17.7 Å². The predicted molar refractivity (Wildman–Crippen MR) is 73.6 cm³/mol. The number of alkyl halides is 3. The summed E-state index contributed by atoms with van der Waals surface area (Å²) in [6.45, 7) is 1.90. The molecule has 0 spiro atoms. The standard InChI is InChI=1S/C11H13F3N6S/c1-2-6(9-16-3-4-21-9)17-7-5-8(20-15)19-10(18-7)11(12,13)14/h3-6H,2,15H2,1H3,(H2,17,18,19,20). The van der Waals surface area contributed by atoms with Crippen LogP contribution in [0.1, 0.15) is 30.2 Å². The first-order chi connectivity index (χ1) is 9.94. The fourth-order valence-corrected chi connectivity index (χ4v) is 2.42. The molecule has 0 fully saturated rings. The van der Waals surface area contributed by atoms with E-state index in [0.717, 1.165) is 5.01 Å². The summed E-state index contributed by atoms with van der Waals surface area (Å²) in [5, 5.41) is 5.49. The Hall–Kier alpha value is -1.94. The number of rotatable bonds is 5. The average Bonchev–Trinajstić information content (AvgIpc) is 2.97. The molecule has 0 aliphatic carbocycles. The van der Waals surface area contributed by atoms with Crippen molar-refractivity contribution in [3.05, 3.63) is 28.5 Å². The Morgan fingerprint density at radius 2 is 2.05 bits per heavy atom. The Morgan fingerprint density at radius 1 is 1.33 bits per heavy atom. The second kappa shape index (κ2) is 6.22. The Bertz CT molecular complexity index is 586. The second-order valence-corrected chi connectivity index (χ2v) is 5.01. The quantitative estimate of drug-likeness (QED) is 0.580. The molecule has 1 unspecified atom stereocenters. The fraction of sp³-hybridized carbons (Fsp3) is 0.364. The molecule has 0 amide bonds. The summed E-state index contributed by atoms with van der Waals surface area (Å²) < 4.78 is 38.2. The summed E-state index contributed by atoms with van der Waals surface area (Å²) in [7, 11) is 0. The maximum absolute atomic E-state index is 12.7. The molecule has 4 N–H and O–H groups in total. The smallest absolute Gasteiger partial charge is 0.361 e. The van der Waals surface area contributed by atoms with Gasteiger partial charge in [0.05, 0.1) is 6.04 Å². The van der Waals surface area contributed by atoms with Crippen LogP contribution >= 0.6 is 11.3 Å². The molecule has 6 nitrogen and oxygen atoms in total. The number of anilines is 2. The van der Waals surface area contributed by atoms with Crippen LogP contribution in [-0.2, 0) is 6.18 Å². The third-order valence-electron chi connectivity index (χ3n) is 2.61. The highest BCUT2D eigenvalue weighted by molar-refractivity contribution is 7.09. The van der Waals surface area contributed by atoms with Crippen LogP contribution in [0, 0.1) is 0 Å². The second-order valence-electron chi connectivity index (χ2n) is 4.08. The molecule has 2 heterocycles. The number of nitrogens with two attached hydrogens (primary N) is 1. The number of hydrogen-bond donors (Lipinski definition) is 3. The van der Waals surface area contributed by atoms with Crippen LogP contribution in [0.15, 0.2) is 17.6 Å². The lowest BCUT2D eigenvalue weighted by Crippen LogP contribution is -2.18. The molecule has 2 aromatic rings. The molecular formula is C11H13F3N6S. The first kappa shape index (κ1) is 15.4. The minimum Gasteiger partial charge on any atom is -0.361 e. The van der Waals surface area contributed by atoms with Crippen LogP contribution < -0.4 is 16.6 Å². The molecule has 0 aliphatic rings. The van der Waals surface area contributed by atoms with Gasteiger partial charge in [-0.15, -0.1) is 11.3 Å². The molecule has 2 aromatic heterocycles. The van der Waals surface area contributed by atoms with E-state index in [9.17, 15) is 13.2 Å². The lowest BCUT2D eigenvalue weighted by molar-refractivity contribution is -0.144. The number of nitrogens with one attached hydrogen (secondary N) is 2. The molecular weight excluding hydrogens is 305 g/mol. The predicted octanol–water partition coefficient (Wildman–Crippen LogP) is 2.80. The monoisotopic (exact) mass is 318 g/mol. The van der Waals surface area contributed by atoms with Crippen LogP contribution in [0.4, 0.5) is 24.8 Å². The van der Waals surface area contributed by atoms with Gasteiger partial charge < -0.3 is 10.7 Å². The van der Waals surface area contributed by atoms with Gasteiger partial charge in [0.1, 0.15) is 16.6 Å². The van der Waals surface area contributed by atoms with Gasteiger partial charge in [-0.05, 0) is 6.42 Å². The minimum atomic E-state index is -4.65. The highest BCUT2D eigenvalue weighted by atomic mass is 32.1. The van der Waals surface area contributed by atoms with Crippen molar-refractivity contribution in [2.45, 2.75) is 25.6 Å². The lowest BCUT2D eigenvalue weighted by Gasteiger charge is -2.17. The molecule has 0 radical (unpaired) electrons. The van der Waals surface area contributed by atoms with Gasteiger partial charge >= 0.3 is 6.18 Å².